The minimum absolute atomic E-state index is 0.277. The van der Waals surface area contributed by atoms with Crippen LogP contribution in [0.3, 0.4) is 0 Å². The van der Waals surface area contributed by atoms with Crippen molar-refractivity contribution in [3.05, 3.63) is 107 Å². The van der Waals surface area contributed by atoms with Crippen LogP contribution in [0.5, 0.6) is 11.5 Å². The highest BCUT2D eigenvalue weighted by molar-refractivity contribution is 7.49. The minimum Gasteiger partial charge on any atom is -0.395 e. The maximum Gasteiger partial charge on any atom is 0.588 e. The largest absolute Gasteiger partial charge is 0.588 e. The van der Waals surface area contributed by atoms with Crippen LogP contribution in [0.25, 0.3) is 0 Å². The Bertz CT molecular complexity index is 1070. The van der Waals surface area contributed by atoms with E-state index in [1.54, 1.807) is 60.7 Å². The zero-order valence-electron chi connectivity index (χ0n) is 20.6. The highest BCUT2D eigenvalue weighted by Gasteiger charge is 2.47. The number of phosphoric ester groups is 1. The van der Waals surface area contributed by atoms with Gasteiger partial charge in [0.25, 0.3) is 0 Å². The molecule has 0 saturated carbocycles. The average molecular weight is 513 g/mol. The Hall–Kier alpha value is -3.19. The summed E-state index contributed by atoms with van der Waals surface area (Å²) >= 11 is 0. The second kappa shape index (κ2) is 13.2. The third-order valence-corrected chi connectivity index (χ3v) is 7.06. The molecule has 0 unspecified atom stereocenters. The van der Waals surface area contributed by atoms with Crippen LogP contribution in [0.15, 0.2) is 91.0 Å². The molecule has 0 aliphatic rings. The summed E-state index contributed by atoms with van der Waals surface area (Å²) in [7, 11) is -4.28. The van der Waals surface area contributed by atoms with Crippen LogP contribution in [-0.2, 0) is 15.6 Å². The average Bonchev–Trinajstić information content (AvgIpc) is 2.87. The van der Waals surface area contributed by atoms with E-state index in [4.69, 9.17) is 13.6 Å². The van der Waals surface area contributed by atoms with E-state index in [-0.39, 0.29) is 11.5 Å². The van der Waals surface area contributed by atoms with Crippen LogP contribution >= 0.6 is 7.82 Å². The molecule has 1 N–H and O–H groups in total. The number of nitro groups is 1. The van der Waals surface area contributed by atoms with Crippen LogP contribution in [0.1, 0.15) is 38.7 Å². The lowest BCUT2D eigenvalue weighted by atomic mass is 9.94. The molecule has 9 heteroatoms. The lowest BCUT2D eigenvalue weighted by Crippen LogP contribution is -2.45. The fourth-order valence-corrected chi connectivity index (χ4v) is 5.06. The first-order valence-corrected chi connectivity index (χ1v) is 13.4. The van der Waals surface area contributed by atoms with Gasteiger partial charge >= 0.3 is 7.82 Å². The molecule has 1 atom stereocenters. The number of unbranched alkanes of at least 4 members (excludes halogenated alkanes) is 1. The normalized spacial score (nSPS) is 12.6. The number of phosphoric acid groups is 1. The molecule has 0 saturated heterocycles. The van der Waals surface area contributed by atoms with E-state index in [1.165, 1.54) is 19.4 Å². The number of nitrogens with one attached hydrogen (secondary N) is 1. The molecule has 0 heterocycles. The third-order valence-electron chi connectivity index (χ3n) is 5.68. The van der Waals surface area contributed by atoms with E-state index in [0.29, 0.717) is 12.8 Å². The van der Waals surface area contributed by atoms with Crippen molar-refractivity contribution in [3.63, 3.8) is 0 Å². The second-order valence-corrected chi connectivity index (χ2v) is 10.4. The van der Waals surface area contributed by atoms with Gasteiger partial charge < -0.3 is 14.4 Å². The highest BCUT2D eigenvalue weighted by Crippen LogP contribution is 2.52. The van der Waals surface area contributed by atoms with Crippen LogP contribution in [-0.4, -0.2) is 23.1 Å². The molecular formula is C27H33N2O6P. The van der Waals surface area contributed by atoms with Gasteiger partial charge in [-0.1, -0.05) is 66.7 Å². The lowest BCUT2D eigenvalue weighted by Gasteiger charge is -2.29. The van der Waals surface area contributed by atoms with Crippen molar-refractivity contribution in [2.24, 2.45) is 0 Å². The third kappa shape index (κ3) is 8.48. The van der Waals surface area contributed by atoms with Crippen molar-refractivity contribution >= 4 is 7.82 Å². The summed E-state index contributed by atoms with van der Waals surface area (Å²) in [6.45, 7) is 4.40. The van der Waals surface area contributed by atoms with Crippen molar-refractivity contribution in [2.45, 2.75) is 51.3 Å². The standard InChI is InChI=1S/C27H33N2O6P/c1-27(2,29(30)31)26(20-12-13-21-28-22-23-14-6-3-7-15-23)35-36(32,33-24-16-8-4-9-17-24)34-25-18-10-5-11-19-25/h3-11,14-19,26,28H,12-13,20-22H2,1-2H3/t26-/m1/s1. The summed E-state index contributed by atoms with van der Waals surface area (Å²) in [6, 6.07) is 27.0. The molecule has 0 amide bonds. The van der Waals surface area contributed by atoms with Gasteiger partial charge in [-0.25, -0.2) is 4.57 Å². The Morgan fingerprint density at radius 2 is 1.36 bits per heavy atom. The highest BCUT2D eigenvalue weighted by atomic mass is 31.2. The molecule has 0 fully saturated rings. The molecular weight excluding hydrogens is 479 g/mol. The summed E-state index contributed by atoms with van der Waals surface area (Å²) in [5.74, 6) is 0.555. The van der Waals surface area contributed by atoms with E-state index in [2.05, 4.69) is 5.32 Å². The van der Waals surface area contributed by atoms with Gasteiger partial charge in [-0.05, 0) is 55.6 Å². The number of nitrogens with zero attached hydrogens (tertiary/aromatic N) is 1. The fraction of sp³-hybridized carbons (Fsp3) is 0.333. The quantitative estimate of drug-likeness (QED) is 0.105. The number of benzene rings is 3. The van der Waals surface area contributed by atoms with Crippen molar-refractivity contribution in [3.8, 4) is 11.5 Å². The number of hydrogen-bond acceptors (Lipinski definition) is 7. The van der Waals surface area contributed by atoms with Crippen molar-refractivity contribution in [1.29, 1.82) is 0 Å². The molecule has 0 aliphatic carbocycles. The van der Waals surface area contributed by atoms with Gasteiger partial charge in [0.15, 0.2) is 0 Å². The molecule has 192 valence electrons. The zero-order valence-corrected chi connectivity index (χ0v) is 21.5. The predicted molar refractivity (Wildman–Crippen MR) is 140 cm³/mol. The van der Waals surface area contributed by atoms with Crippen LogP contribution in [0, 0.1) is 10.1 Å². The SMILES string of the molecule is CC(C)([C@@H](CCCCNCc1ccccc1)OP(=O)(Oc1ccccc1)Oc1ccccc1)[N+](=O)[O-]. The van der Waals surface area contributed by atoms with Crippen molar-refractivity contribution in [1.82, 2.24) is 5.32 Å². The molecule has 0 aliphatic heterocycles. The number of para-hydroxylation sites is 2. The first-order valence-electron chi connectivity index (χ1n) is 12.0. The predicted octanol–water partition coefficient (Wildman–Crippen LogP) is 6.65. The van der Waals surface area contributed by atoms with Gasteiger partial charge in [0.1, 0.15) is 17.6 Å². The Labute approximate surface area is 212 Å². The van der Waals surface area contributed by atoms with E-state index in [1.807, 2.05) is 30.3 Å². The summed E-state index contributed by atoms with van der Waals surface area (Å²) in [5.41, 5.74) is -0.335. The maximum atomic E-state index is 13.8. The molecule has 0 aromatic heterocycles. The molecule has 3 rings (SSSR count). The van der Waals surface area contributed by atoms with E-state index >= 15 is 0 Å². The smallest absolute Gasteiger partial charge is 0.395 e. The molecule has 36 heavy (non-hydrogen) atoms. The Balaban J connectivity index is 1.68. The van der Waals surface area contributed by atoms with E-state index in [0.717, 1.165) is 19.5 Å². The van der Waals surface area contributed by atoms with Gasteiger partial charge in [-0.2, -0.15) is 0 Å². The van der Waals surface area contributed by atoms with Crippen LogP contribution < -0.4 is 14.4 Å². The van der Waals surface area contributed by atoms with Gasteiger partial charge in [0.2, 0.25) is 5.54 Å². The number of rotatable bonds is 15. The second-order valence-electron chi connectivity index (χ2n) is 8.92. The van der Waals surface area contributed by atoms with Crippen molar-refractivity contribution in [2.75, 3.05) is 6.54 Å². The lowest BCUT2D eigenvalue weighted by molar-refractivity contribution is -0.572. The molecule has 0 spiro atoms. The summed E-state index contributed by atoms with van der Waals surface area (Å²) in [4.78, 5) is 11.5. The molecule has 3 aromatic rings. The molecule has 8 nitrogen and oxygen atoms in total. The summed E-state index contributed by atoms with van der Waals surface area (Å²) < 4.78 is 31.1. The van der Waals surface area contributed by atoms with Gasteiger partial charge in [0, 0.05) is 25.3 Å². The van der Waals surface area contributed by atoms with Gasteiger partial charge in [0.05, 0.1) is 0 Å². The summed E-state index contributed by atoms with van der Waals surface area (Å²) in [5, 5.41) is 15.3. The minimum atomic E-state index is -4.28. The fourth-order valence-electron chi connectivity index (χ4n) is 3.50. The maximum absolute atomic E-state index is 13.8. The van der Waals surface area contributed by atoms with Crippen LogP contribution in [0.2, 0.25) is 0 Å². The molecule has 0 radical (unpaired) electrons. The van der Waals surface area contributed by atoms with Crippen molar-refractivity contribution < 1.29 is 23.1 Å². The zero-order chi connectivity index (χ0) is 25.9. The molecule has 3 aromatic carbocycles. The first kappa shape index (κ1) is 27.4. The Morgan fingerprint density at radius 1 is 0.861 bits per heavy atom. The Morgan fingerprint density at radius 3 is 1.86 bits per heavy atom. The van der Waals surface area contributed by atoms with Crippen LogP contribution in [0.4, 0.5) is 0 Å². The first-order chi connectivity index (χ1) is 17.3. The monoisotopic (exact) mass is 512 g/mol. The number of hydrogen-bond donors (Lipinski definition) is 1. The van der Waals surface area contributed by atoms with E-state index in [9.17, 15) is 14.7 Å². The molecule has 0 bridgehead atoms. The topological polar surface area (TPSA) is 99.9 Å². The van der Waals surface area contributed by atoms with Gasteiger partial charge in [-0.3, -0.25) is 14.6 Å². The van der Waals surface area contributed by atoms with Gasteiger partial charge in [-0.15, -0.1) is 0 Å². The summed E-state index contributed by atoms with van der Waals surface area (Å²) in [6.07, 6.45) is 0.686. The Kier molecular flexibility index (Phi) is 10.1. The van der Waals surface area contributed by atoms with E-state index < -0.39 is 24.4 Å².